The molecule has 0 saturated carbocycles. The van der Waals surface area contributed by atoms with Crippen molar-refractivity contribution in [3.8, 4) is 0 Å². The van der Waals surface area contributed by atoms with E-state index in [0.717, 1.165) is 17.5 Å². The Hall–Kier alpha value is -1.49. The van der Waals surface area contributed by atoms with Crippen LogP contribution in [-0.2, 0) is 0 Å². The highest BCUT2D eigenvalue weighted by Gasteiger charge is 2.12. The maximum Gasteiger partial charge on any atom is 0.251 e. The third kappa shape index (κ3) is 3.73. The lowest BCUT2D eigenvalue weighted by Crippen LogP contribution is -2.33. The molecule has 2 atom stereocenters. The molecule has 0 aliphatic carbocycles. The first-order chi connectivity index (χ1) is 9.06. The number of benzene rings is 1. The fourth-order valence-corrected chi connectivity index (χ4v) is 2.52. The number of carbonyl (C=O) groups is 1. The van der Waals surface area contributed by atoms with E-state index in [4.69, 9.17) is 0 Å². The average Bonchev–Trinajstić information content (AvgIpc) is 2.37. The third-order valence-corrected chi connectivity index (χ3v) is 3.16. The molecule has 19 heavy (non-hydrogen) atoms. The minimum absolute atomic E-state index is 0.0757. The van der Waals surface area contributed by atoms with Gasteiger partial charge < -0.3 is 5.32 Å². The first-order valence-corrected chi connectivity index (χ1v) is 7.13. The largest absolute Gasteiger partial charge is 0.350 e. The maximum absolute atomic E-state index is 12.1. The van der Waals surface area contributed by atoms with E-state index in [1.165, 1.54) is 0 Å². The number of aromatic nitrogens is 2. The van der Waals surface area contributed by atoms with E-state index in [9.17, 15) is 4.79 Å². The normalized spacial score (nSPS) is 14.1. The molecule has 1 amide bonds. The first-order valence-electron chi connectivity index (χ1n) is 6.22. The number of hydrogen-bond donors (Lipinski definition) is 1. The number of rotatable bonds is 4. The standard InChI is InChI=1S/C14H16BrN3O/c1-9(15)7-10(2)18-14(19)11-3-4-12-13(8-11)17-6-5-16-12/h3-6,8-10H,7H2,1-2H3,(H,18,19). The Labute approximate surface area is 120 Å². The maximum atomic E-state index is 12.1. The molecule has 0 radical (unpaired) electrons. The summed E-state index contributed by atoms with van der Waals surface area (Å²) in [7, 11) is 0. The zero-order chi connectivity index (χ0) is 13.8. The number of halogens is 1. The molecule has 5 heteroatoms. The Balaban J connectivity index is 2.13. The number of alkyl halides is 1. The van der Waals surface area contributed by atoms with Gasteiger partial charge in [0.25, 0.3) is 5.91 Å². The van der Waals surface area contributed by atoms with Crippen LogP contribution in [0.3, 0.4) is 0 Å². The van der Waals surface area contributed by atoms with Gasteiger partial charge in [0, 0.05) is 28.8 Å². The van der Waals surface area contributed by atoms with Crippen LogP contribution >= 0.6 is 15.9 Å². The summed E-state index contributed by atoms with van der Waals surface area (Å²) in [6, 6.07) is 5.48. The molecule has 0 aliphatic rings. The van der Waals surface area contributed by atoms with Gasteiger partial charge in [-0.1, -0.05) is 22.9 Å². The van der Waals surface area contributed by atoms with Gasteiger partial charge in [-0.2, -0.15) is 0 Å². The molecule has 2 unspecified atom stereocenters. The van der Waals surface area contributed by atoms with Crippen molar-refractivity contribution in [1.29, 1.82) is 0 Å². The molecule has 1 heterocycles. The number of fused-ring (bicyclic) bond motifs is 1. The van der Waals surface area contributed by atoms with Crippen molar-refractivity contribution < 1.29 is 4.79 Å². The van der Waals surface area contributed by atoms with Crippen molar-refractivity contribution in [3.63, 3.8) is 0 Å². The highest BCUT2D eigenvalue weighted by atomic mass is 79.9. The van der Waals surface area contributed by atoms with Crippen LogP contribution in [0.5, 0.6) is 0 Å². The highest BCUT2D eigenvalue weighted by molar-refractivity contribution is 9.09. The fourth-order valence-electron chi connectivity index (χ4n) is 1.96. The van der Waals surface area contributed by atoms with Crippen molar-refractivity contribution in [2.75, 3.05) is 0 Å². The summed E-state index contributed by atoms with van der Waals surface area (Å²) in [6.07, 6.45) is 4.15. The summed E-state index contributed by atoms with van der Waals surface area (Å²) in [5.74, 6) is -0.0757. The molecule has 1 aromatic carbocycles. The summed E-state index contributed by atoms with van der Waals surface area (Å²) in [6.45, 7) is 4.06. The van der Waals surface area contributed by atoms with Gasteiger partial charge in [0.05, 0.1) is 11.0 Å². The number of amides is 1. The minimum atomic E-state index is -0.0757. The second-order valence-electron chi connectivity index (χ2n) is 4.65. The summed E-state index contributed by atoms with van der Waals surface area (Å²) in [5, 5.41) is 2.98. The van der Waals surface area contributed by atoms with E-state index in [2.05, 4.69) is 38.1 Å². The molecule has 2 aromatic rings. The second kappa shape index (κ2) is 6.10. The number of hydrogen-bond acceptors (Lipinski definition) is 3. The van der Waals surface area contributed by atoms with Gasteiger partial charge in [-0.3, -0.25) is 14.8 Å². The van der Waals surface area contributed by atoms with Crippen LogP contribution < -0.4 is 5.32 Å². The summed E-state index contributed by atoms with van der Waals surface area (Å²) >= 11 is 3.48. The molecule has 4 nitrogen and oxygen atoms in total. The van der Waals surface area contributed by atoms with Crippen molar-refractivity contribution in [1.82, 2.24) is 15.3 Å². The lowest BCUT2D eigenvalue weighted by molar-refractivity contribution is 0.0939. The number of carbonyl (C=O) groups excluding carboxylic acids is 1. The van der Waals surface area contributed by atoms with Crippen LogP contribution in [0.25, 0.3) is 11.0 Å². The van der Waals surface area contributed by atoms with E-state index in [1.54, 1.807) is 24.5 Å². The zero-order valence-electron chi connectivity index (χ0n) is 10.9. The molecule has 100 valence electrons. The van der Waals surface area contributed by atoms with E-state index >= 15 is 0 Å². The highest BCUT2D eigenvalue weighted by Crippen LogP contribution is 2.12. The number of nitrogens with one attached hydrogen (secondary N) is 1. The predicted octanol–water partition coefficient (Wildman–Crippen LogP) is 2.92. The van der Waals surface area contributed by atoms with Gasteiger partial charge in [-0.05, 0) is 31.5 Å². The van der Waals surface area contributed by atoms with Gasteiger partial charge >= 0.3 is 0 Å². The van der Waals surface area contributed by atoms with Crippen LogP contribution in [0, 0.1) is 0 Å². The van der Waals surface area contributed by atoms with Gasteiger partial charge in [0.1, 0.15) is 0 Å². The van der Waals surface area contributed by atoms with Crippen LogP contribution in [0.4, 0.5) is 0 Å². The van der Waals surface area contributed by atoms with E-state index in [-0.39, 0.29) is 11.9 Å². The Morgan fingerprint density at radius 2 is 1.95 bits per heavy atom. The topological polar surface area (TPSA) is 54.9 Å². The number of nitrogens with zero attached hydrogens (tertiary/aromatic N) is 2. The van der Waals surface area contributed by atoms with Crippen LogP contribution in [0.15, 0.2) is 30.6 Å². The van der Waals surface area contributed by atoms with Gasteiger partial charge in [-0.25, -0.2) is 0 Å². The van der Waals surface area contributed by atoms with Gasteiger partial charge in [-0.15, -0.1) is 0 Å². The molecule has 2 rings (SSSR count). The summed E-state index contributed by atoms with van der Waals surface area (Å²) in [5.41, 5.74) is 2.14. The molecule has 0 spiro atoms. The zero-order valence-corrected chi connectivity index (χ0v) is 12.5. The summed E-state index contributed by atoms with van der Waals surface area (Å²) < 4.78 is 0. The van der Waals surface area contributed by atoms with Gasteiger partial charge in [0.15, 0.2) is 0 Å². The third-order valence-electron chi connectivity index (χ3n) is 2.79. The van der Waals surface area contributed by atoms with Crippen molar-refractivity contribution in [2.45, 2.75) is 31.1 Å². The first kappa shape index (κ1) is 13.9. The molecule has 0 fully saturated rings. The van der Waals surface area contributed by atoms with E-state index in [1.807, 2.05) is 13.0 Å². The lowest BCUT2D eigenvalue weighted by atomic mass is 10.1. The van der Waals surface area contributed by atoms with Gasteiger partial charge in [0.2, 0.25) is 0 Å². The molecule has 0 aliphatic heterocycles. The Morgan fingerprint density at radius 3 is 2.63 bits per heavy atom. The molecule has 0 saturated heterocycles. The summed E-state index contributed by atoms with van der Waals surface area (Å²) in [4.78, 5) is 20.9. The fraction of sp³-hybridized carbons (Fsp3) is 0.357. The molecule has 0 bridgehead atoms. The molecular weight excluding hydrogens is 306 g/mol. The Kier molecular flexibility index (Phi) is 4.47. The quantitative estimate of drug-likeness (QED) is 0.881. The van der Waals surface area contributed by atoms with Crippen LogP contribution in [0.1, 0.15) is 30.6 Å². The monoisotopic (exact) mass is 321 g/mol. The van der Waals surface area contributed by atoms with Crippen molar-refractivity contribution in [2.24, 2.45) is 0 Å². The van der Waals surface area contributed by atoms with Crippen LogP contribution in [-0.4, -0.2) is 26.7 Å². The second-order valence-corrected chi connectivity index (χ2v) is 6.21. The predicted molar refractivity (Wildman–Crippen MR) is 79.5 cm³/mol. The van der Waals surface area contributed by atoms with E-state index in [0.29, 0.717) is 10.4 Å². The smallest absolute Gasteiger partial charge is 0.251 e. The van der Waals surface area contributed by atoms with Crippen LogP contribution in [0.2, 0.25) is 0 Å². The SMILES string of the molecule is CC(Br)CC(C)NC(=O)c1ccc2nccnc2c1. The van der Waals surface area contributed by atoms with Crippen molar-refractivity contribution >= 4 is 32.9 Å². The molecule has 1 aromatic heterocycles. The average molecular weight is 322 g/mol. The Morgan fingerprint density at radius 1 is 1.26 bits per heavy atom. The lowest BCUT2D eigenvalue weighted by Gasteiger charge is -2.15. The molecule has 1 N–H and O–H groups in total. The molecular formula is C14H16BrN3O. The van der Waals surface area contributed by atoms with Crippen molar-refractivity contribution in [3.05, 3.63) is 36.2 Å². The Bertz CT molecular complexity index is 586. The minimum Gasteiger partial charge on any atom is -0.350 e. The van der Waals surface area contributed by atoms with E-state index < -0.39 is 0 Å².